The summed E-state index contributed by atoms with van der Waals surface area (Å²) in [5.74, 6) is 0.977. The molecule has 1 atom stereocenters. The van der Waals surface area contributed by atoms with Crippen molar-refractivity contribution in [1.82, 2.24) is 5.32 Å². The Balaban J connectivity index is 1.65. The maximum Gasteiger partial charge on any atom is 0.319 e. The van der Waals surface area contributed by atoms with Crippen molar-refractivity contribution in [2.75, 3.05) is 31.0 Å². The molecule has 3 amide bonds. The topological polar surface area (TPSA) is 79.9 Å². The lowest BCUT2D eigenvalue weighted by atomic mass is 10.2. The Kier molecular flexibility index (Phi) is 5.49. The molecule has 2 aromatic carbocycles. The number of nitrogens with zero attached hydrogens (tertiary/aromatic N) is 1. The summed E-state index contributed by atoms with van der Waals surface area (Å²) >= 11 is 0. The van der Waals surface area contributed by atoms with E-state index < -0.39 is 12.1 Å². The number of rotatable bonds is 5. The average Bonchev–Trinajstić information content (AvgIpc) is 3.02. The summed E-state index contributed by atoms with van der Waals surface area (Å²) in [6.45, 7) is 2.56. The minimum absolute atomic E-state index is 0.119. The van der Waals surface area contributed by atoms with E-state index in [1.165, 1.54) is 7.11 Å². The van der Waals surface area contributed by atoms with Gasteiger partial charge >= 0.3 is 6.03 Å². The molecule has 2 N–H and O–H groups in total. The van der Waals surface area contributed by atoms with E-state index in [1.54, 1.807) is 30.2 Å². The van der Waals surface area contributed by atoms with Crippen LogP contribution in [0.2, 0.25) is 0 Å². The van der Waals surface area contributed by atoms with Crippen molar-refractivity contribution in [3.63, 3.8) is 0 Å². The van der Waals surface area contributed by atoms with Gasteiger partial charge in [-0.05, 0) is 37.6 Å². The molecule has 0 aromatic heterocycles. The summed E-state index contributed by atoms with van der Waals surface area (Å²) < 4.78 is 10.4. The summed E-state index contributed by atoms with van der Waals surface area (Å²) in [6, 6.07) is 11.8. The van der Waals surface area contributed by atoms with E-state index in [2.05, 4.69) is 10.6 Å². The van der Waals surface area contributed by atoms with Gasteiger partial charge in [-0.2, -0.15) is 0 Å². The Morgan fingerprint density at radius 3 is 2.52 bits per heavy atom. The molecule has 0 radical (unpaired) electrons. The highest BCUT2D eigenvalue weighted by molar-refractivity contribution is 6.02. The van der Waals surface area contributed by atoms with Crippen molar-refractivity contribution in [2.45, 2.75) is 19.4 Å². The van der Waals surface area contributed by atoms with Crippen molar-refractivity contribution in [1.29, 1.82) is 0 Å². The van der Waals surface area contributed by atoms with Gasteiger partial charge in [-0.25, -0.2) is 4.79 Å². The van der Waals surface area contributed by atoms with Crippen LogP contribution >= 0.6 is 0 Å². The first-order chi connectivity index (χ1) is 13.0. The summed E-state index contributed by atoms with van der Waals surface area (Å²) in [5, 5.41) is 5.46. The zero-order valence-corrected chi connectivity index (χ0v) is 15.6. The molecular weight excluding hydrogens is 346 g/mol. The molecule has 1 saturated heterocycles. The molecule has 1 fully saturated rings. The third-order valence-corrected chi connectivity index (χ3v) is 4.51. The van der Waals surface area contributed by atoms with E-state index in [0.29, 0.717) is 30.2 Å². The molecule has 7 nitrogen and oxygen atoms in total. The predicted molar refractivity (Wildman–Crippen MR) is 104 cm³/mol. The molecule has 27 heavy (non-hydrogen) atoms. The van der Waals surface area contributed by atoms with E-state index in [-0.39, 0.29) is 5.91 Å². The smallest absolute Gasteiger partial charge is 0.319 e. The monoisotopic (exact) mass is 369 g/mol. The zero-order chi connectivity index (χ0) is 19.4. The third kappa shape index (κ3) is 4.13. The summed E-state index contributed by atoms with van der Waals surface area (Å²) in [7, 11) is 3.06. The molecule has 0 bridgehead atoms. The third-order valence-electron chi connectivity index (χ3n) is 4.51. The molecule has 1 heterocycles. The highest BCUT2D eigenvalue weighted by Gasteiger charge is 2.33. The van der Waals surface area contributed by atoms with Gasteiger partial charge in [-0.3, -0.25) is 4.79 Å². The molecular formula is C20H23N3O4. The molecule has 2 aromatic rings. The zero-order valence-electron chi connectivity index (χ0n) is 15.6. The second kappa shape index (κ2) is 7.99. The van der Waals surface area contributed by atoms with Gasteiger partial charge in [0.25, 0.3) is 0 Å². The number of carbonyl (C=O) groups excluding carboxylic acids is 2. The molecule has 1 aliphatic rings. The van der Waals surface area contributed by atoms with Gasteiger partial charge in [0.15, 0.2) is 0 Å². The van der Waals surface area contributed by atoms with E-state index in [0.717, 1.165) is 11.3 Å². The number of methoxy groups -OCH3 is 2. The van der Waals surface area contributed by atoms with Crippen LogP contribution in [0.3, 0.4) is 0 Å². The lowest BCUT2D eigenvalue weighted by molar-refractivity contribution is -0.118. The standard InChI is InChI=1S/C20H23N3O4/c1-13-4-6-14(7-5-13)23-11-10-16(19(23)24)21-20(25)22-17-12-15(26-2)8-9-18(17)27-3/h4-9,12,16H,10-11H2,1-3H3,(H2,21,22,25)/t16-/m1/s1. The van der Waals surface area contributed by atoms with Crippen LogP contribution in [0.1, 0.15) is 12.0 Å². The van der Waals surface area contributed by atoms with Crippen LogP contribution in [-0.2, 0) is 4.79 Å². The first kappa shape index (κ1) is 18.6. The van der Waals surface area contributed by atoms with Crippen molar-refractivity contribution in [3.05, 3.63) is 48.0 Å². The molecule has 0 aliphatic carbocycles. The van der Waals surface area contributed by atoms with Crippen molar-refractivity contribution >= 4 is 23.3 Å². The first-order valence-corrected chi connectivity index (χ1v) is 8.69. The molecule has 0 spiro atoms. The number of anilines is 2. The van der Waals surface area contributed by atoms with Crippen LogP contribution < -0.4 is 25.0 Å². The van der Waals surface area contributed by atoms with Gasteiger partial charge in [0.05, 0.1) is 19.9 Å². The summed E-state index contributed by atoms with van der Waals surface area (Å²) in [5.41, 5.74) is 2.44. The van der Waals surface area contributed by atoms with Crippen LogP contribution in [0.4, 0.5) is 16.2 Å². The van der Waals surface area contributed by atoms with Crippen molar-refractivity contribution in [3.8, 4) is 11.5 Å². The van der Waals surface area contributed by atoms with Crippen molar-refractivity contribution in [2.24, 2.45) is 0 Å². The van der Waals surface area contributed by atoms with Crippen LogP contribution in [0.15, 0.2) is 42.5 Å². The number of urea groups is 1. The molecule has 0 saturated carbocycles. The summed E-state index contributed by atoms with van der Waals surface area (Å²) in [4.78, 5) is 26.7. The fraction of sp³-hybridized carbons (Fsp3) is 0.300. The van der Waals surface area contributed by atoms with Gasteiger partial charge in [0.2, 0.25) is 5.91 Å². The highest BCUT2D eigenvalue weighted by atomic mass is 16.5. The lowest BCUT2D eigenvalue weighted by Gasteiger charge is -2.18. The number of hydrogen-bond donors (Lipinski definition) is 2. The van der Waals surface area contributed by atoms with Crippen LogP contribution in [0.5, 0.6) is 11.5 Å². The lowest BCUT2D eigenvalue weighted by Crippen LogP contribution is -2.43. The average molecular weight is 369 g/mol. The number of hydrogen-bond acceptors (Lipinski definition) is 4. The maximum atomic E-state index is 12.6. The number of nitrogens with one attached hydrogen (secondary N) is 2. The summed E-state index contributed by atoms with van der Waals surface area (Å²) in [6.07, 6.45) is 0.551. The normalized spacial score (nSPS) is 16.2. The van der Waals surface area contributed by atoms with Crippen LogP contribution in [0, 0.1) is 6.92 Å². The molecule has 3 rings (SSSR count). The minimum atomic E-state index is -0.567. The van der Waals surface area contributed by atoms with Gasteiger partial charge in [0.1, 0.15) is 17.5 Å². The van der Waals surface area contributed by atoms with Crippen molar-refractivity contribution < 1.29 is 19.1 Å². The maximum absolute atomic E-state index is 12.6. The Bertz CT molecular complexity index is 836. The van der Waals surface area contributed by atoms with E-state index in [1.807, 2.05) is 31.2 Å². The molecule has 142 valence electrons. The van der Waals surface area contributed by atoms with Gasteiger partial charge in [-0.15, -0.1) is 0 Å². The van der Waals surface area contributed by atoms with Gasteiger partial charge in [0, 0.05) is 18.3 Å². The van der Waals surface area contributed by atoms with Gasteiger partial charge < -0.3 is 25.0 Å². The Hall–Kier alpha value is -3.22. The predicted octanol–water partition coefficient (Wildman–Crippen LogP) is 2.94. The first-order valence-electron chi connectivity index (χ1n) is 8.69. The van der Waals surface area contributed by atoms with E-state index in [4.69, 9.17) is 9.47 Å². The number of benzene rings is 2. The number of ether oxygens (including phenoxy) is 2. The Labute approximate surface area is 158 Å². The number of amides is 3. The SMILES string of the molecule is COc1ccc(OC)c(NC(=O)N[C@@H]2CCN(c3ccc(C)cc3)C2=O)c1. The van der Waals surface area contributed by atoms with Crippen LogP contribution in [-0.4, -0.2) is 38.7 Å². The van der Waals surface area contributed by atoms with Crippen LogP contribution in [0.25, 0.3) is 0 Å². The molecule has 1 aliphatic heterocycles. The molecule has 7 heteroatoms. The minimum Gasteiger partial charge on any atom is -0.497 e. The largest absolute Gasteiger partial charge is 0.497 e. The quantitative estimate of drug-likeness (QED) is 0.849. The fourth-order valence-electron chi connectivity index (χ4n) is 3.02. The fourth-order valence-corrected chi connectivity index (χ4v) is 3.02. The number of aryl methyl sites for hydroxylation is 1. The molecule has 0 unspecified atom stereocenters. The van der Waals surface area contributed by atoms with Gasteiger partial charge in [-0.1, -0.05) is 17.7 Å². The number of carbonyl (C=O) groups is 2. The highest BCUT2D eigenvalue weighted by Crippen LogP contribution is 2.29. The second-order valence-electron chi connectivity index (χ2n) is 6.33. The van der Waals surface area contributed by atoms with E-state index >= 15 is 0 Å². The van der Waals surface area contributed by atoms with E-state index in [9.17, 15) is 9.59 Å². The second-order valence-corrected chi connectivity index (χ2v) is 6.33. The Morgan fingerprint density at radius 2 is 1.85 bits per heavy atom. The Morgan fingerprint density at radius 1 is 1.11 bits per heavy atom.